The molecular weight excluding hydrogens is 122 g/mol. The van der Waals surface area contributed by atoms with Gasteiger partial charge in [0.05, 0.1) is 0 Å². The number of rotatable bonds is 3. The Bertz CT molecular complexity index is 143. The maximum atomic E-state index is 4.05. The highest BCUT2D eigenvalue weighted by Crippen LogP contribution is 2.02. The second-order valence-corrected chi connectivity index (χ2v) is 2.61. The van der Waals surface area contributed by atoms with Gasteiger partial charge in [-0.15, -0.1) is 0 Å². The van der Waals surface area contributed by atoms with Crippen LogP contribution in [-0.4, -0.2) is 12.8 Å². The molecule has 0 bridgehead atoms. The van der Waals surface area contributed by atoms with Gasteiger partial charge in [0.1, 0.15) is 0 Å². The molecule has 0 aliphatic carbocycles. The molecular formula is C9H17N. The number of nitrogens with zero attached hydrogens (tertiary/aromatic N) is 1. The summed E-state index contributed by atoms with van der Waals surface area (Å²) in [6, 6.07) is 0. The smallest absolute Gasteiger partial charge is 0.0313 e. The van der Waals surface area contributed by atoms with Gasteiger partial charge in [-0.3, -0.25) is 4.99 Å². The average molecular weight is 139 g/mol. The van der Waals surface area contributed by atoms with E-state index in [0.717, 1.165) is 5.71 Å². The quantitative estimate of drug-likeness (QED) is 0.533. The summed E-state index contributed by atoms with van der Waals surface area (Å²) < 4.78 is 0. The lowest BCUT2D eigenvalue weighted by atomic mass is 10.1. The van der Waals surface area contributed by atoms with Crippen molar-refractivity contribution in [1.82, 2.24) is 0 Å². The lowest BCUT2D eigenvalue weighted by Gasteiger charge is -1.95. The molecule has 0 aromatic carbocycles. The Morgan fingerprint density at radius 1 is 1.40 bits per heavy atom. The van der Waals surface area contributed by atoms with E-state index in [1.165, 1.54) is 18.4 Å². The van der Waals surface area contributed by atoms with Gasteiger partial charge >= 0.3 is 0 Å². The predicted molar refractivity (Wildman–Crippen MR) is 47.7 cm³/mol. The zero-order valence-electron chi connectivity index (χ0n) is 7.44. The Hall–Kier alpha value is -0.590. The Morgan fingerprint density at radius 2 is 2.00 bits per heavy atom. The van der Waals surface area contributed by atoms with Crippen LogP contribution in [0.4, 0.5) is 0 Å². The fourth-order valence-electron chi connectivity index (χ4n) is 0.888. The molecule has 0 saturated heterocycles. The van der Waals surface area contributed by atoms with Crippen LogP contribution in [-0.2, 0) is 0 Å². The monoisotopic (exact) mass is 139 g/mol. The molecule has 0 amide bonds. The summed E-state index contributed by atoms with van der Waals surface area (Å²) in [5.41, 5.74) is 2.54. The van der Waals surface area contributed by atoms with Crippen molar-refractivity contribution in [3.8, 4) is 0 Å². The number of hydrogen-bond acceptors (Lipinski definition) is 1. The maximum absolute atomic E-state index is 4.05. The van der Waals surface area contributed by atoms with Crippen molar-refractivity contribution in [1.29, 1.82) is 0 Å². The minimum Gasteiger partial charge on any atom is -0.293 e. The van der Waals surface area contributed by atoms with Gasteiger partial charge < -0.3 is 0 Å². The van der Waals surface area contributed by atoms with Gasteiger partial charge in [0.25, 0.3) is 0 Å². The van der Waals surface area contributed by atoms with E-state index in [9.17, 15) is 0 Å². The van der Waals surface area contributed by atoms with Gasteiger partial charge in [0.2, 0.25) is 0 Å². The van der Waals surface area contributed by atoms with Gasteiger partial charge in [0, 0.05) is 12.8 Å². The van der Waals surface area contributed by atoms with E-state index in [-0.39, 0.29) is 0 Å². The molecule has 0 N–H and O–H groups in total. The molecule has 0 unspecified atom stereocenters. The fourth-order valence-corrected chi connectivity index (χ4v) is 0.888. The Morgan fingerprint density at radius 3 is 2.40 bits per heavy atom. The molecule has 0 spiro atoms. The first-order valence-corrected chi connectivity index (χ1v) is 3.81. The van der Waals surface area contributed by atoms with Crippen LogP contribution in [0, 0.1) is 0 Å². The molecule has 0 rings (SSSR count). The standard InChI is InChI=1S/C9H17N/c1-5-6-8(2)7-9(3)10-4/h7H,5-6H2,1-4H3/b8-7+,10-9?. The van der Waals surface area contributed by atoms with Gasteiger partial charge in [-0.1, -0.05) is 18.9 Å². The third-order valence-corrected chi connectivity index (χ3v) is 1.45. The Balaban J connectivity index is 3.90. The molecule has 10 heavy (non-hydrogen) atoms. The Kier molecular flexibility index (Phi) is 4.91. The predicted octanol–water partition coefficient (Wildman–Crippen LogP) is 2.82. The second-order valence-electron chi connectivity index (χ2n) is 2.61. The molecule has 0 saturated carbocycles. The van der Waals surface area contributed by atoms with Crippen molar-refractivity contribution in [3.05, 3.63) is 11.6 Å². The van der Waals surface area contributed by atoms with Gasteiger partial charge in [-0.05, 0) is 26.3 Å². The van der Waals surface area contributed by atoms with Crippen LogP contribution in [0.3, 0.4) is 0 Å². The van der Waals surface area contributed by atoms with E-state index in [1.807, 2.05) is 14.0 Å². The van der Waals surface area contributed by atoms with E-state index >= 15 is 0 Å². The summed E-state index contributed by atoms with van der Waals surface area (Å²) in [5.74, 6) is 0. The zero-order chi connectivity index (χ0) is 7.98. The molecule has 0 heterocycles. The summed E-state index contributed by atoms with van der Waals surface area (Å²) >= 11 is 0. The van der Waals surface area contributed by atoms with Crippen LogP contribution in [0.2, 0.25) is 0 Å². The van der Waals surface area contributed by atoms with Crippen LogP contribution >= 0.6 is 0 Å². The number of aliphatic imine (C=N–C) groups is 1. The molecule has 0 atom stereocenters. The van der Waals surface area contributed by atoms with Crippen molar-refractivity contribution in [2.45, 2.75) is 33.6 Å². The van der Waals surface area contributed by atoms with Crippen LogP contribution in [0.1, 0.15) is 33.6 Å². The number of allylic oxidation sites excluding steroid dienone is 2. The highest BCUT2D eigenvalue weighted by molar-refractivity contribution is 5.93. The van der Waals surface area contributed by atoms with Crippen LogP contribution in [0.5, 0.6) is 0 Å². The average Bonchev–Trinajstić information content (AvgIpc) is 1.88. The molecule has 0 aliphatic heterocycles. The van der Waals surface area contributed by atoms with E-state index in [4.69, 9.17) is 0 Å². The summed E-state index contributed by atoms with van der Waals surface area (Å²) in [4.78, 5) is 4.05. The largest absolute Gasteiger partial charge is 0.293 e. The summed E-state index contributed by atoms with van der Waals surface area (Å²) in [6.45, 7) is 6.37. The Labute approximate surface area is 63.9 Å². The third-order valence-electron chi connectivity index (χ3n) is 1.45. The summed E-state index contributed by atoms with van der Waals surface area (Å²) in [7, 11) is 1.82. The fraction of sp³-hybridized carbons (Fsp3) is 0.667. The topological polar surface area (TPSA) is 12.4 Å². The van der Waals surface area contributed by atoms with E-state index in [2.05, 4.69) is 24.9 Å². The van der Waals surface area contributed by atoms with Crippen LogP contribution in [0.25, 0.3) is 0 Å². The summed E-state index contributed by atoms with van der Waals surface area (Å²) in [6.07, 6.45) is 4.55. The molecule has 0 radical (unpaired) electrons. The third kappa shape index (κ3) is 4.30. The van der Waals surface area contributed by atoms with E-state index < -0.39 is 0 Å². The molecule has 0 aromatic heterocycles. The maximum Gasteiger partial charge on any atom is 0.0313 e. The molecule has 1 nitrogen and oxygen atoms in total. The van der Waals surface area contributed by atoms with Crippen molar-refractivity contribution in [3.63, 3.8) is 0 Å². The highest BCUT2D eigenvalue weighted by atomic mass is 14.7. The van der Waals surface area contributed by atoms with Gasteiger partial charge in [0.15, 0.2) is 0 Å². The van der Waals surface area contributed by atoms with Crippen molar-refractivity contribution in [2.24, 2.45) is 4.99 Å². The SMILES string of the molecule is CCC/C(C)=C/C(C)=NC. The van der Waals surface area contributed by atoms with Crippen LogP contribution in [0.15, 0.2) is 16.6 Å². The first kappa shape index (κ1) is 9.41. The second kappa shape index (κ2) is 5.21. The first-order chi connectivity index (χ1) is 4.70. The minimum atomic E-state index is 1.12. The lowest BCUT2D eigenvalue weighted by Crippen LogP contribution is -1.86. The van der Waals surface area contributed by atoms with Crippen molar-refractivity contribution < 1.29 is 0 Å². The molecule has 0 aromatic rings. The van der Waals surface area contributed by atoms with Gasteiger partial charge in [-0.25, -0.2) is 0 Å². The molecule has 0 fully saturated rings. The van der Waals surface area contributed by atoms with Crippen LogP contribution < -0.4 is 0 Å². The van der Waals surface area contributed by atoms with E-state index in [1.54, 1.807) is 0 Å². The minimum absolute atomic E-state index is 1.12. The normalized spacial score (nSPS) is 14.0. The molecule has 0 aliphatic rings. The van der Waals surface area contributed by atoms with Gasteiger partial charge in [-0.2, -0.15) is 0 Å². The van der Waals surface area contributed by atoms with Crippen molar-refractivity contribution in [2.75, 3.05) is 7.05 Å². The van der Waals surface area contributed by atoms with Crippen molar-refractivity contribution >= 4 is 5.71 Å². The summed E-state index contributed by atoms with van der Waals surface area (Å²) in [5, 5.41) is 0. The number of hydrogen-bond donors (Lipinski definition) is 0. The lowest BCUT2D eigenvalue weighted by molar-refractivity contribution is 0.906. The van der Waals surface area contributed by atoms with E-state index in [0.29, 0.717) is 0 Å². The zero-order valence-corrected chi connectivity index (χ0v) is 7.44. The molecule has 58 valence electrons. The highest BCUT2D eigenvalue weighted by Gasteiger charge is 1.87. The molecule has 1 heteroatoms. The first-order valence-electron chi connectivity index (χ1n) is 3.81.